The number of nitrogens with one attached hydrogen (secondary N) is 1. The fraction of sp³-hybridized carbons (Fsp3) is 0.333. The molecular formula is C18H24N2O. The molecule has 112 valence electrons. The van der Waals surface area contributed by atoms with E-state index < -0.39 is 0 Å². The molecule has 0 spiro atoms. The summed E-state index contributed by atoms with van der Waals surface area (Å²) in [6, 6.07) is 17.1. The Morgan fingerprint density at radius 2 is 1.90 bits per heavy atom. The largest absolute Gasteiger partial charge is 0.497 e. The van der Waals surface area contributed by atoms with E-state index >= 15 is 0 Å². The molecule has 0 bridgehead atoms. The highest BCUT2D eigenvalue weighted by molar-refractivity contribution is 5.54. The predicted octanol–water partition coefficient (Wildman–Crippen LogP) is 3.61. The molecule has 0 heterocycles. The number of nitrogens with zero attached hydrogens (tertiary/aromatic N) is 1. The van der Waals surface area contributed by atoms with Crippen LogP contribution in [0.3, 0.4) is 0 Å². The van der Waals surface area contributed by atoms with E-state index in [1.54, 1.807) is 7.11 Å². The molecule has 0 aromatic heterocycles. The first-order chi connectivity index (χ1) is 10.2. The zero-order chi connectivity index (χ0) is 15.2. The first-order valence-electron chi connectivity index (χ1n) is 7.26. The van der Waals surface area contributed by atoms with Crippen molar-refractivity contribution in [3.8, 4) is 5.75 Å². The molecule has 0 aliphatic carbocycles. The van der Waals surface area contributed by atoms with E-state index in [0.29, 0.717) is 6.04 Å². The Labute approximate surface area is 127 Å². The van der Waals surface area contributed by atoms with Crippen LogP contribution >= 0.6 is 0 Å². The third-order valence-corrected chi connectivity index (χ3v) is 3.80. The van der Waals surface area contributed by atoms with Gasteiger partial charge >= 0.3 is 0 Å². The van der Waals surface area contributed by atoms with Crippen molar-refractivity contribution in [3.63, 3.8) is 0 Å². The van der Waals surface area contributed by atoms with Gasteiger partial charge in [-0.15, -0.1) is 0 Å². The fourth-order valence-corrected chi connectivity index (χ4v) is 2.49. The lowest BCUT2D eigenvalue weighted by molar-refractivity contribution is 0.414. The van der Waals surface area contributed by atoms with Crippen molar-refractivity contribution in [2.45, 2.75) is 19.5 Å². The van der Waals surface area contributed by atoms with Crippen molar-refractivity contribution in [3.05, 3.63) is 59.7 Å². The van der Waals surface area contributed by atoms with Gasteiger partial charge in [-0.3, -0.25) is 0 Å². The second kappa shape index (κ2) is 7.14. The molecule has 3 heteroatoms. The summed E-state index contributed by atoms with van der Waals surface area (Å²) in [5, 5.41) is 3.31. The summed E-state index contributed by atoms with van der Waals surface area (Å²) in [5.74, 6) is 0.901. The van der Waals surface area contributed by atoms with Crippen LogP contribution in [-0.2, 0) is 6.54 Å². The van der Waals surface area contributed by atoms with E-state index in [9.17, 15) is 0 Å². The molecule has 2 aromatic rings. The summed E-state index contributed by atoms with van der Waals surface area (Å²) in [4.78, 5) is 2.28. The Morgan fingerprint density at radius 3 is 2.62 bits per heavy atom. The molecule has 0 saturated carbocycles. The lowest BCUT2D eigenvalue weighted by Gasteiger charge is -2.25. The molecule has 0 aliphatic heterocycles. The van der Waals surface area contributed by atoms with Crippen LogP contribution in [-0.4, -0.2) is 21.2 Å². The highest BCUT2D eigenvalue weighted by Crippen LogP contribution is 2.26. The zero-order valence-electron chi connectivity index (χ0n) is 13.3. The monoisotopic (exact) mass is 284 g/mol. The van der Waals surface area contributed by atoms with Crippen LogP contribution in [0.5, 0.6) is 5.75 Å². The van der Waals surface area contributed by atoms with Crippen LogP contribution in [0.15, 0.2) is 48.5 Å². The van der Waals surface area contributed by atoms with E-state index in [2.05, 4.69) is 60.6 Å². The van der Waals surface area contributed by atoms with Crippen LogP contribution in [0, 0.1) is 0 Å². The van der Waals surface area contributed by atoms with Gasteiger partial charge in [0.2, 0.25) is 0 Å². The summed E-state index contributed by atoms with van der Waals surface area (Å²) >= 11 is 0. The first kappa shape index (κ1) is 15.4. The van der Waals surface area contributed by atoms with E-state index in [4.69, 9.17) is 4.74 Å². The molecule has 0 radical (unpaired) electrons. The van der Waals surface area contributed by atoms with Gasteiger partial charge in [0.1, 0.15) is 5.75 Å². The maximum absolute atomic E-state index is 5.29. The van der Waals surface area contributed by atoms with Crippen molar-refractivity contribution >= 4 is 5.69 Å². The van der Waals surface area contributed by atoms with Gasteiger partial charge in [0.05, 0.1) is 7.11 Å². The molecule has 1 atom stereocenters. The predicted molar refractivity (Wildman–Crippen MR) is 89.0 cm³/mol. The average Bonchev–Trinajstić information content (AvgIpc) is 2.54. The Hall–Kier alpha value is -2.00. The zero-order valence-corrected chi connectivity index (χ0v) is 13.3. The van der Waals surface area contributed by atoms with Gasteiger partial charge in [0, 0.05) is 25.3 Å². The maximum Gasteiger partial charge on any atom is 0.119 e. The summed E-state index contributed by atoms with van der Waals surface area (Å²) in [5.41, 5.74) is 3.80. The number of benzene rings is 2. The Kier molecular flexibility index (Phi) is 5.23. The van der Waals surface area contributed by atoms with Gasteiger partial charge in [0.15, 0.2) is 0 Å². The van der Waals surface area contributed by atoms with Crippen LogP contribution < -0.4 is 15.0 Å². The highest BCUT2D eigenvalue weighted by Gasteiger charge is 2.12. The van der Waals surface area contributed by atoms with Gasteiger partial charge < -0.3 is 15.0 Å². The minimum atomic E-state index is 0.328. The fourth-order valence-electron chi connectivity index (χ4n) is 2.49. The molecule has 2 aromatic carbocycles. The standard InChI is InChI=1S/C18H24N2O/c1-14(19-2)17-10-5-6-11-18(17)20(3)13-15-8-7-9-16(12-15)21-4/h5-12,14,19H,13H2,1-4H3. The highest BCUT2D eigenvalue weighted by atomic mass is 16.5. The summed E-state index contributed by atoms with van der Waals surface area (Å²) in [6.45, 7) is 3.03. The summed E-state index contributed by atoms with van der Waals surface area (Å²) in [7, 11) is 5.82. The molecule has 0 aliphatic rings. The molecule has 21 heavy (non-hydrogen) atoms. The number of methoxy groups -OCH3 is 1. The van der Waals surface area contributed by atoms with Crippen LogP contribution in [0.1, 0.15) is 24.1 Å². The second-order valence-corrected chi connectivity index (χ2v) is 5.28. The molecule has 1 unspecified atom stereocenters. The van der Waals surface area contributed by atoms with Crippen molar-refractivity contribution in [1.29, 1.82) is 0 Å². The van der Waals surface area contributed by atoms with E-state index in [1.165, 1.54) is 16.8 Å². The van der Waals surface area contributed by atoms with Crippen LogP contribution in [0.4, 0.5) is 5.69 Å². The minimum absolute atomic E-state index is 0.328. The van der Waals surface area contributed by atoms with Crippen molar-refractivity contribution in [1.82, 2.24) is 5.32 Å². The SMILES string of the molecule is CNC(C)c1ccccc1N(C)Cc1cccc(OC)c1. The first-order valence-corrected chi connectivity index (χ1v) is 7.26. The van der Waals surface area contributed by atoms with Crippen LogP contribution in [0.25, 0.3) is 0 Å². The number of hydrogen-bond donors (Lipinski definition) is 1. The summed E-state index contributed by atoms with van der Waals surface area (Å²) in [6.07, 6.45) is 0. The van der Waals surface area contributed by atoms with Gasteiger partial charge in [-0.2, -0.15) is 0 Å². The number of hydrogen-bond acceptors (Lipinski definition) is 3. The van der Waals surface area contributed by atoms with E-state index in [-0.39, 0.29) is 0 Å². The Bertz CT molecular complexity index is 583. The maximum atomic E-state index is 5.29. The summed E-state index contributed by atoms with van der Waals surface area (Å²) < 4.78 is 5.29. The van der Waals surface area contributed by atoms with E-state index in [0.717, 1.165) is 12.3 Å². The number of rotatable bonds is 6. The smallest absolute Gasteiger partial charge is 0.119 e. The normalized spacial score (nSPS) is 12.0. The van der Waals surface area contributed by atoms with Gasteiger partial charge in [-0.05, 0) is 43.3 Å². The second-order valence-electron chi connectivity index (χ2n) is 5.28. The van der Waals surface area contributed by atoms with Crippen molar-refractivity contribution in [2.24, 2.45) is 0 Å². The number of ether oxygens (including phenoxy) is 1. The molecule has 0 saturated heterocycles. The van der Waals surface area contributed by atoms with Crippen molar-refractivity contribution in [2.75, 3.05) is 26.1 Å². The lowest BCUT2D eigenvalue weighted by atomic mass is 10.0. The third kappa shape index (κ3) is 3.76. The quantitative estimate of drug-likeness (QED) is 0.877. The number of anilines is 1. The Morgan fingerprint density at radius 1 is 1.14 bits per heavy atom. The number of para-hydroxylation sites is 1. The third-order valence-electron chi connectivity index (χ3n) is 3.80. The molecule has 0 fully saturated rings. The molecule has 0 amide bonds. The minimum Gasteiger partial charge on any atom is -0.497 e. The molecule has 2 rings (SSSR count). The molecular weight excluding hydrogens is 260 g/mol. The van der Waals surface area contributed by atoms with Crippen LogP contribution in [0.2, 0.25) is 0 Å². The lowest BCUT2D eigenvalue weighted by Crippen LogP contribution is -2.21. The van der Waals surface area contributed by atoms with E-state index in [1.807, 2.05) is 19.2 Å². The average molecular weight is 284 g/mol. The van der Waals surface area contributed by atoms with Gasteiger partial charge in [-0.1, -0.05) is 30.3 Å². The molecule has 1 N–H and O–H groups in total. The van der Waals surface area contributed by atoms with Gasteiger partial charge in [-0.25, -0.2) is 0 Å². The molecule has 3 nitrogen and oxygen atoms in total. The van der Waals surface area contributed by atoms with Gasteiger partial charge in [0.25, 0.3) is 0 Å². The van der Waals surface area contributed by atoms with Crippen molar-refractivity contribution < 1.29 is 4.74 Å². The Balaban J connectivity index is 2.22. The topological polar surface area (TPSA) is 24.5 Å².